The Morgan fingerprint density at radius 1 is 0.842 bits per heavy atom. The van der Waals surface area contributed by atoms with Crippen LogP contribution in [0.25, 0.3) is 0 Å². The van der Waals surface area contributed by atoms with Gasteiger partial charge in [-0.1, -0.05) is 22.0 Å². The molecule has 0 saturated heterocycles. The van der Waals surface area contributed by atoms with E-state index in [-0.39, 0.29) is 16.5 Å². The molecular weight excluding hydrogens is 310 g/mol. The average molecular weight is 325 g/mol. The maximum Gasteiger partial charge on any atom is 0.123 e. The van der Waals surface area contributed by atoms with Gasteiger partial charge in [-0.25, -0.2) is 8.78 Å². The number of benzene rings is 2. The van der Waals surface area contributed by atoms with Crippen LogP contribution in [-0.4, -0.2) is 0 Å². The van der Waals surface area contributed by atoms with Gasteiger partial charge >= 0.3 is 0 Å². The van der Waals surface area contributed by atoms with Crippen molar-refractivity contribution in [3.8, 4) is 0 Å². The Hall–Kier alpha value is -1.22. The predicted octanol–water partition coefficient (Wildman–Crippen LogP) is 5.37. The molecule has 2 rings (SSSR count). The van der Waals surface area contributed by atoms with Gasteiger partial charge in [0.05, 0.1) is 4.83 Å². The van der Waals surface area contributed by atoms with Crippen molar-refractivity contribution in [2.45, 2.75) is 25.6 Å². The van der Waals surface area contributed by atoms with Gasteiger partial charge in [-0.15, -0.1) is 0 Å². The van der Waals surface area contributed by atoms with Crippen LogP contribution in [0.4, 0.5) is 8.78 Å². The van der Waals surface area contributed by atoms with E-state index >= 15 is 0 Å². The Labute approximate surface area is 120 Å². The number of hydrogen-bond donors (Lipinski definition) is 0. The van der Waals surface area contributed by atoms with Crippen LogP contribution < -0.4 is 0 Å². The van der Waals surface area contributed by atoms with Gasteiger partial charge in [-0.05, 0) is 72.9 Å². The molecular formula is C16H15BrF2. The average Bonchev–Trinajstić information content (AvgIpc) is 2.25. The van der Waals surface area contributed by atoms with Crippen LogP contribution in [0.5, 0.6) is 0 Å². The summed E-state index contributed by atoms with van der Waals surface area (Å²) in [5.74, 6) is -0.495. The highest BCUT2D eigenvalue weighted by Crippen LogP contribution is 2.36. The molecule has 1 unspecified atom stereocenters. The van der Waals surface area contributed by atoms with E-state index in [1.54, 1.807) is 0 Å². The molecule has 0 radical (unpaired) electrons. The Bertz CT molecular complexity index is 577. The van der Waals surface area contributed by atoms with Crippen molar-refractivity contribution in [3.63, 3.8) is 0 Å². The van der Waals surface area contributed by atoms with Gasteiger partial charge in [0, 0.05) is 0 Å². The second-order valence-electron chi connectivity index (χ2n) is 4.88. The van der Waals surface area contributed by atoms with Crippen molar-refractivity contribution in [2.24, 2.45) is 0 Å². The van der Waals surface area contributed by atoms with E-state index in [0.29, 0.717) is 0 Å². The first-order chi connectivity index (χ1) is 8.88. The van der Waals surface area contributed by atoms with Crippen LogP contribution in [-0.2, 0) is 0 Å². The lowest BCUT2D eigenvalue weighted by atomic mass is 9.95. The van der Waals surface area contributed by atoms with Crippen molar-refractivity contribution < 1.29 is 8.78 Å². The molecule has 0 bridgehead atoms. The molecule has 0 aromatic heterocycles. The zero-order valence-electron chi connectivity index (χ0n) is 11.1. The quantitative estimate of drug-likeness (QED) is 0.651. The van der Waals surface area contributed by atoms with E-state index in [1.807, 2.05) is 26.8 Å². The van der Waals surface area contributed by atoms with Crippen LogP contribution in [0, 0.1) is 32.4 Å². The molecule has 0 nitrogen and oxygen atoms in total. The maximum absolute atomic E-state index is 13.5. The van der Waals surface area contributed by atoms with Crippen molar-refractivity contribution in [1.82, 2.24) is 0 Å². The van der Waals surface area contributed by atoms with Crippen LogP contribution >= 0.6 is 15.9 Å². The Kier molecular flexibility index (Phi) is 4.04. The van der Waals surface area contributed by atoms with Crippen LogP contribution in [0.15, 0.2) is 30.3 Å². The highest BCUT2D eigenvalue weighted by molar-refractivity contribution is 9.09. The molecule has 2 aromatic rings. The minimum absolute atomic E-state index is 0.137. The van der Waals surface area contributed by atoms with Gasteiger partial charge in [-0.3, -0.25) is 0 Å². The van der Waals surface area contributed by atoms with Crippen molar-refractivity contribution in [3.05, 3.63) is 69.8 Å². The fourth-order valence-electron chi connectivity index (χ4n) is 2.40. The second kappa shape index (κ2) is 5.41. The van der Waals surface area contributed by atoms with E-state index in [2.05, 4.69) is 15.9 Å². The summed E-state index contributed by atoms with van der Waals surface area (Å²) in [6.45, 7) is 5.59. The molecule has 0 aliphatic rings. The largest absolute Gasteiger partial charge is 0.207 e. The first-order valence-corrected chi connectivity index (χ1v) is 6.98. The number of halogens is 3. The summed E-state index contributed by atoms with van der Waals surface area (Å²) in [6, 6.07) is 7.94. The van der Waals surface area contributed by atoms with Gasteiger partial charge in [0.1, 0.15) is 11.6 Å². The standard InChI is InChI=1S/C16H15BrF2/c1-9-4-12(8-13(18)5-9)16(17)15-10(2)6-14(19)7-11(15)3/h4-8,16H,1-3H3. The van der Waals surface area contributed by atoms with Gasteiger partial charge < -0.3 is 0 Å². The first kappa shape index (κ1) is 14.2. The van der Waals surface area contributed by atoms with E-state index in [0.717, 1.165) is 27.8 Å². The summed E-state index contributed by atoms with van der Waals surface area (Å²) in [7, 11) is 0. The molecule has 0 heterocycles. The number of aryl methyl sites for hydroxylation is 3. The van der Waals surface area contributed by atoms with Crippen LogP contribution in [0.1, 0.15) is 32.6 Å². The molecule has 0 spiro atoms. The highest BCUT2D eigenvalue weighted by Gasteiger charge is 2.17. The normalized spacial score (nSPS) is 12.5. The highest BCUT2D eigenvalue weighted by atomic mass is 79.9. The molecule has 0 aliphatic heterocycles. The zero-order chi connectivity index (χ0) is 14.2. The van der Waals surface area contributed by atoms with Crippen molar-refractivity contribution in [2.75, 3.05) is 0 Å². The summed E-state index contributed by atoms with van der Waals surface area (Å²) in [6.07, 6.45) is 0. The lowest BCUT2D eigenvalue weighted by Gasteiger charge is -2.17. The molecule has 0 N–H and O–H groups in total. The maximum atomic E-state index is 13.5. The Balaban J connectivity index is 2.52. The minimum atomic E-state index is -0.253. The predicted molar refractivity (Wildman–Crippen MR) is 77.8 cm³/mol. The fraction of sp³-hybridized carbons (Fsp3) is 0.250. The van der Waals surface area contributed by atoms with E-state index < -0.39 is 0 Å². The number of rotatable bonds is 2. The third kappa shape index (κ3) is 3.03. The van der Waals surface area contributed by atoms with E-state index in [4.69, 9.17) is 0 Å². The van der Waals surface area contributed by atoms with Gasteiger partial charge in [0.15, 0.2) is 0 Å². The minimum Gasteiger partial charge on any atom is -0.207 e. The Morgan fingerprint density at radius 2 is 1.37 bits per heavy atom. The lowest BCUT2D eigenvalue weighted by Crippen LogP contribution is -2.01. The smallest absolute Gasteiger partial charge is 0.123 e. The molecule has 0 amide bonds. The zero-order valence-corrected chi connectivity index (χ0v) is 12.7. The number of hydrogen-bond acceptors (Lipinski definition) is 0. The molecule has 0 fully saturated rings. The molecule has 3 heteroatoms. The van der Waals surface area contributed by atoms with E-state index in [1.165, 1.54) is 24.3 Å². The van der Waals surface area contributed by atoms with Crippen LogP contribution in [0.2, 0.25) is 0 Å². The summed E-state index contributed by atoms with van der Waals surface area (Å²) in [4.78, 5) is -0.137. The second-order valence-corrected chi connectivity index (χ2v) is 5.79. The monoisotopic (exact) mass is 324 g/mol. The number of alkyl halides is 1. The molecule has 1 atom stereocenters. The molecule has 100 valence electrons. The lowest BCUT2D eigenvalue weighted by molar-refractivity contribution is 0.622. The summed E-state index contributed by atoms with van der Waals surface area (Å²) >= 11 is 3.60. The first-order valence-electron chi connectivity index (χ1n) is 6.06. The topological polar surface area (TPSA) is 0 Å². The molecule has 19 heavy (non-hydrogen) atoms. The summed E-state index contributed by atoms with van der Waals surface area (Å²) in [5.41, 5.74) is 4.43. The van der Waals surface area contributed by atoms with Gasteiger partial charge in [0.2, 0.25) is 0 Å². The summed E-state index contributed by atoms with van der Waals surface area (Å²) in [5, 5.41) is 0. The third-order valence-corrected chi connectivity index (χ3v) is 4.16. The van der Waals surface area contributed by atoms with Gasteiger partial charge in [0.25, 0.3) is 0 Å². The molecule has 2 aromatic carbocycles. The van der Waals surface area contributed by atoms with Crippen molar-refractivity contribution in [1.29, 1.82) is 0 Å². The Morgan fingerprint density at radius 3 is 1.89 bits per heavy atom. The van der Waals surface area contributed by atoms with Gasteiger partial charge in [-0.2, -0.15) is 0 Å². The van der Waals surface area contributed by atoms with Crippen LogP contribution in [0.3, 0.4) is 0 Å². The molecule has 0 saturated carbocycles. The van der Waals surface area contributed by atoms with E-state index in [9.17, 15) is 8.78 Å². The summed E-state index contributed by atoms with van der Waals surface area (Å²) < 4.78 is 26.8. The fourth-order valence-corrected chi connectivity index (χ4v) is 3.39. The SMILES string of the molecule is Cc1cc(F)cc(C(Br)c2c(C)cc(F)cc2C)c1. The third-order valence-electron chi connectivity index (χ3n) is 3.17. The molecule has 0 aliphatic carbocycles. The van der Waals surface area contributed by atoms with Crippen molar-refractivity contribution >= 4 is 15.9 Å².